The van der Waals surface area contributed by atoms with Crippen molar-refractivity contribution in [3.8, 4) is 0 Å². The molecule has 21 heavy (non-hydrogen) atoms. The van der Waals surface area contributed by atoms with Crippen LogP contribution in [-0.2, 0) is 6.54 Å². The SMILES string of the molecule is Cc1cc(F)ccc1CNc1ccc(Cl)c2ncccc12. The molecule has 0 atom stereocenters. The monoisotopic (exact) mass is 300 g/mol. The van der Waals surface area contributed by atoms with Crippen molar-refractivity contribution >= 4 is 28.2 Å². The fourth-order valence-corrected chi connectivity index (χ4v) is 2.55. The molecule has 3 aromatic rings. The first kappa shape index (κ1) is 13.8. The molecule has 0 saturated heterocycles. The van der Waals surface area contributed by atoms with Gasteiger partial charge in [-0.1, -0.05) is 17.7 Å². The van der Waals surface area contributed by atoms with Gasteiger partial charge < -0.3 is 5.32 Å². The molecule has 4 heteroatoms. The molecule has 3 rings (SSSR count). The number of fused-ring (bicyclic) bond motifs is 1. The first-order valence-corrected chi connectivity index (χ1v) is 7.05. The lowest BCUT2D eigenvalue weighted by Crippen LogP contribution is -2.02. The van der Waals surface area contributed by atoms with E-state index in [9.17, 15) is 4.39 Å². The number of hydrogen-bond donors (Lipinski definition) is 1. The predicted molar refractivity (Wildman–Crippen MR) is 85.2 cm³/mol. The van der Waals surface area contributed by atoms with Crippen LogP contribution >= 0.6 is 11.6 Å². The zero-order chi connectivity index (χ0) is 14.8. The maximum Gasteiger partial charge on any atom is 0.123 e. The number of benzene rings is 2. The molecule has 1 heterocycles. The normalized spacial score (nSPS) is 10.8. The van der Waals surface area contributed by atoms with Gasteiger partial charge in [-0.3, -0.25) is 4.98 Å². The number of aryl methyl sites for hydroxylation is 1. The summed E-state index contributed by atoms with van der Waals surface area (Å²) < 4.78 is 13.1. The molecule has 1 aromatic heterocycles. The Labute approximate surface area is 127 Å². The highest BCUT2D eigenvalue weighted by Gasteiger charge is 2.06. The van der Waals surface area contributed by atoms with Crippen molar-refractivity contribution in [2.75, 3.05) is 5.32 Å². The summed E-state index contributed by atoms with van der Waals surface area (Å²) in [6.07, 6.45) is 1.72. The lowest BCUT2D eigenvalue weighted by molar-refractivity contribution is 0.625. The van der Waals surface area contributed by atoms with E-state index >= 15 is 0 Å². The number of anilines is 1. The molecule has 106 valence electrons. The van der Waals surface area contributed by atoms with Crippen molar-refractivity contribution in [1.29, 1.82) is 0 Å². The highest BCUT2D eigenvalue weighted by Crippen LogP contribution is 2.28. The van der Waals surface area contributed by atoms with Crippen LogP contribution in [0.4, 0.5) is 10.1 Å². The van der Waals surface area contributed by atoms with E-state index in [1.54, 1.807) is 18.3 Å². The van der Waals surface area contributed by atoms with Crippen molar-refractivity contribution in [2.45, 2.75) is 13.5 Å². The van der Waals surface area contributed by atoms with Gasteiger partial charge in [-0.2, -0.15) is 0 Å². The summed E-state index contributed by atoms with van der Waals surface area (Å²) in [5, 5.41) is 4.98. The van der Waals surface area contributed by atoms with E-state index in [1.807, 2.05) is 31.2 Å². The van der Waals surface area contributed by atoms with Crippen molar-refractivity contribution in [3.63, 3.8) is 0 Å². The van der Waals surface area contributed by atoms with E-state index in [0.717, 1.165) is 27.7 Å². The summed E-state index contributed by atoms with van der Waals surface area (Å²) in [6, 6.07) is 12.4. The fraction of sp³-hybridized carbons (Fsp3) is 0.118. The molecule has 2 aromatic carbocycles. The molecule has 0 saturated carbocycles. The number of nitrogens with one attached hydrogen (secondary N) is 1. The molecule has 0 unspecified atom stereocenters. The van der Waals surface area contributed by atoms with Gasteiger partial charge in [0.05, 0.1) is 10.5 Å². The minimum Gasteiger partial charge on any atom is -0.380 e. The molecule has 0 fully saturated rings. The topological polar surface area (TPSA) is 24.9 Å². The smallest absolute Gasteiger partial charge is 0.123 e. The third-order valence-electron chi connectivity index (χ3n) is 3.49. The zero-order valence-corrected chi connectivity index (χ0v) is 12.3. The van der Waals surface area contributed by atoms with Crippen LogP contribution < -0.4 is 5.32 Å². The standard InChI is InChI=1S/C17H14ClFN2/c1-11-9-13(19)5-4-12(11)10-21-16-7-6-15(18)17-14(16)3-2-8-20-17/h2-9,21H,10H2,1H3. The second kappa shape index (κ2) is 5.70. The van der Waals surface area contributed by atoms with Crippen molar-refractivity contribution in [2.24, 2.45) is 0 Å². The summed E-state index contributed by atoms with van der Waals surface area (Å²) in [6.45, 7) is 2.53. The van der Waals surface area contributed by atoms with Crippen molar-refractivity contribution < 1.29 is 4.39 Å². The van der Waals surface area contributed by atoms with Gasteiger partial charge in [-0.05, 0) is 54.4 Å². The number of nitrogens with zero attached hydrogens (tertiary/aromatic N) is 1. The number of pyridine rings is 1. The van der Waals surface area contributed by atoms with E-state index in [1.165, 1.54) is 6.07 Å². The third kappa shape index (κ3) is 2.83. The largest absolute Gasteiger partial charge is 0.380 e. The van der Waals surface area contributed by atoms with Gasteiger partial charge in [0.25, 0.3) is 0 Å². The van der Waals surface area contributed by atoms with Crippen molar-refractivity contribution in [1.82, 2.24) is 4.98 Å². The highest BCUT2D eigenvalue weighted by molar-refractivity contribution is 6.35. The maximum absolute atomic E-state index is 13.1. The van der Waals surface area contributed by atoms with Crippen LogP contribution in [-0.4, -0.2) is 4.98 Å². The van der Waals surface area contributed by atoms with Crippen LogP contribution in [0.3, 0.4) is 0 Å². The third-order valence-corrected chi connectivity index (χ3v) is 3.80. The Kier molecular flexibility index (Phi) is 3.76. The Hall–Kier alpha value is -2.13. The maximum atomic E-state index is 13.1. The van der Waals surface area contributed by atoms with E-state index in [4.69, 9.17) is 11.6 Å². The Morgan fingerprint density at radius 1 is 1.19 bits per heavy atom. The van der Waals surface area contributed by atoms with Crippen LogP contribution in [0.1, 0.15) is 11.1 Å². The van der Waals surface area contributed by atoms with Crippen LogP contribution in [0.2, 0.25) is 5.02 Å². The Balaban J connectivity index is 1.90. The summed E-state index contributed by atoms with van der Waals surface area (Å²) >= 11 is 6.16. The average Bonchev–Trinajstić information content (AvgIpc) is 2.48. The molecule has 0 aliphatic rings. The molecule has 0 amide bonds. The second-order valence-electron chi connectivity index (χ2n) is 4.92. The summed E-state index contributed by atoms with van der Waals surface area (Å²) in [5.41, 5.74) is 3.73. The highest BCUT2D eigenvalue weighted by atomic mass is 35.5. The quantitative estimate of drug-likeness (QED) is 0.740. The van der Waals surface area contributed by atoms with E-state index in [2.05, 4.69) is 10.3 Å². The molecule has 0 radical (unpaired) electrons. The molecule has 2 nitrogen and oxygen atoms in total. The van der Waals surface area contributed by atoms with Gasteiger partial charge in [0, 0.05) is 23.8 Å². The van der Waals surface area contributed by atoms with E-state index in [0.29, 0.717) is 11.6 Å². The minimum absolute atomic E-state index is 0.211. The van der Waals surface area contributed by atoms with Gasteiger partial charge in [0.15, 0.2) is 0 Å². The lowest BCUT2D eigenvalue weighted by Gasteiger charge is -2.12. The Morgan fingerprint density at radius 2 is 2.05 bits per heavy atom. The van der Waals surface area contributed by atoms with Crippen LogP contribution in [0.15, 0.2) is 48.7 Å². The minimum atomic E-state index is -0.211. The summed E-state index contributed by atoms with van der Waals surface area (Å²) in [7, 11) is 0. The molecular weight excluding hydrogens is 287 g/mol. The predicted octanol–water partition coefficient (Wildman–Crippen LogP) is 4.95. The molecular formula is C17H14ClFN2. The van der Waals surface area contributed by atoms with Crippen LogP contribution in [0.25, 0.3) is 10.9 Å². The van der Waals surface area contributed by atoms with Crippen LogP contribution in [0, 0.1) is 12.7 Å². The van der Waals surface area contributed by atoms with Gasteiger partial charge in [-0.25, -0.2) is 4.39 Å². The van der Waals surface area contributed by atoms with Crippen LogP contribution in [0.5, 0.6) is 0 Å². The molecule has 0 aliphatic carbocycles. The molecule has 1 N–H and O–H groups in total. The van der Waals surface area contributed by atoms with Gasteiger partial charge in [-0.15, -0.1) is 0 Å². The number of halogens is 2. The van der Waals surface area contributed by atoms with Crippen molar-refractivity contribution in [3.05, 3.63) is 70.6 Å². The lowest BCUT2D eigenvalue weighted by atomic mass is 10.1. The van der Waals surface area contributed by atoms with E-state index < -0.39 is 0 Å². The fourth-order valence-electron chi connectivity index (χ4n) is 2.34. The Morgan fingerprint density at radius 3 is 2.86 bits per heavy atom. The van der Waals surface area contributed by atoms with Gasteiger partial charge >= 0.3 is 0 Å². The van der Waals surface area contributed by atoms with Gasteiger partial charge in [0.2, 0.25) is 0 Å². The second-order valence-corrected chi connectivity index (χ2v) is 5.33. The van der Waals surface area contributed by atoms with E-state index in [-0.39, 0.29) is 5.82 Å². The van der Waals surface area contributed by atoms with Gasteiger partial charge in [0.1, 0.15) is 5.82 Å². The molecule has 0 bridgehead atoms. The zero-order valence-electron chi connectivity index (χ0n) is 11.5. The first-order chi connectivity index (χ1) is 10.1. The summed E-state index contributed by atoms with van der Waals surface area (Å²) in [5.74, 6) is -0.211. The summed E-state index contributed by atoms with van der Waals surface area (Å²) in [4.78, 5) is 4.30. The Bertz CT molecular complexity index is 802. The number of rotatable bonds is 3. The average molecular weight is 301 g/mol. The first-order valence-electron chi connectivity index (χ1n) is 6.67. The molecule has 0 spiro atoms. The molecule has 0 aliphatic heterocycles. The number of aromatic nitrogens is 1. The number of hydrogen-bond acceptors (Lipinski definition) is 2.